The summed E-state index contributed by atoms with van der Waals surface area (Å²) in [5.74, 6) is 1.24. The molecule has 0 bridgehead atoms. The Kier molecular flexibility index (Phi) is 4.95. The Labute approximate surface area is 163 Å². The molecule has 2 N–H and O–H groups in total. The van der Waals surface area contributed by atoms with Crippen molar-refractivity contribution in [2.75, 3.05) is 14.2 Å². The Morgan fingerprint density at radius 2 is 1.79 bits per heavy atom. The lowest BCUT2D eigenvalue weighted by molar-refractivity contribution is 0.356. The average molecular weight is 398 g/mol. The van der Waals surface area contributed by atoms with E-state index in [9.17, 15) is 4.21 Å². The van der Waals surface area contributed by atoms with Gasteiger partial charge in [0.2, 0.25) is 11.3 Å². The topological polar surface area (TPSA) is 98.5 Å². The minimum absolute atomic E-state index is 0.303. The molecule has 2 aromatic carbocycles. The van der Waals surface area contributed by atoms with Gasteiger partial charge in [0.1, 0.15) is 11.8 Å². The standard InChI is InChI=1S/C19H18N4O4S/c1-26-17-7-14-15(8-18(17)27-2)20-10-16-19(14)23(11-21-16)13-5-3-12(4-6-13)9-22-28(24)25/h3-8,10-11,22H,9H2,1-2H3,(H,24,25). The maximum absolute atomic E-state index is 10.8. The van der Waals surface area contributed by atoms with E-state index < -0.39 is 11.3 Å². The van der Waals surface area contributed by atoms with E-state index in [-0.39, 0.29) is 0 Å². The van der Waals surface area contributed by atoms with Gasteiger partial charge < -0.3 is 9.47 Å². The van der Waals surface area contributed by atoms with Gasteiger partial charge >= 0.3 is 0 Å². The molecule has 0 amide bonds. The number of imidazole rings is 1. The molecule has 0 spiro atoms. The van der Waals surface area contributed by atoms with Gasteiger partial charge in [0.25, 0.3) is 0 Å². The molecule has 4 aromatic rings. The van der Waals surface area contributed by atoms with Crippen LogP contribution in [0, 0.1) is 0 Å². The van der Waals surface area contributed by atoms with Crippen molar-refractivity contribution in [1.82, 2.24) is 19.3 Å². The van der Waals surface area contributed by atoms with Gasteiger partial charge in [-0.2, -0.15) is 0 Å². The summed E-state index contributed by atoms with van der Waals surface area (Å²) in [4.78, 5) is 8.95. The number of nitrogens with one attached hydrogen (secondary N) is 1. The SMILES string of the molecule is COc1cc2ncc3ncn(-c4ccc(CNS(=O)O)cc4)c3c2cc1OC. The Hall–Kier alpha value is -3.01. The summed E-state index contributed by atoms with van der Waals surface area (Å²) in [6.45, 7) is 0.303. The maximum atomic E-state index is 10.8. The fourth-order valence-corrected chi connectivity index (χ4v) is 3.43. The molecule has 0 saturated heterocycles. The van der Waals surface area contributed by atoms with Gasteiger partial charge in [0.05, 0.1) is 31.4 Å². The average Bonchev–Trinajstić information content (AvgIpc) is 3.16. The summed E-state index contributed by atoms with van der Waals surface area (Å²) < 4.78 is 34.9. The molecule has 0 aliphatic carbocycles. The van der Waals surface area contributed by atoms with Crippen LogP contribution in [-0.4, -0.2) is 37.5 Å². The molecule has 0 saturated carbocycles. The first-order valence-corrected chi connectivity index (χ1v) is 9.53. The summed E-state index contributed by atoms with van der Waals surface area (Å²) in [6.07, 6.45) is 3.48. The normalized spacial score (nSPS) is 12.4. The highest BCUT2D eigenvalue weighted by molar-refractivity contribution is 7.77. The number of pyridine rings is 1. The largest absolute Gasteiger partial charge is 0.493 e. The van der Waals surface area contributed by atoms with Crippen LogP contribution in [0.1, 0.15) is 5.56 Å². The van der Waals surface area contributed by atoms with E-state index in [2.05, 4.69) is 14.7 Å². The summed E-state index contributed by atoms with van der Waals surface area (Å²) in [7, 11) is 3.19. The van der Waals surface area contributed by atoms with Gasteiger partial charge in [-0.3, -0.25) is 14.1 Å². The minimum Gasteiger partial charge on any atom is -0.493 e. The quantitative estimate of drug-likeness (QED) is 0.485. The number of nitrogens with zero attached hydrogens (tertiary/aromatic N) is 3. The fourth-order valence-electron chi connectivity index (χ4n) is 3.14. The van der Waals surface area contributed by atoms with Crippen molar-refractivity contribution >= 4 is 33.2 Å². The van der Waals surface area contributed by atoms with Crippen molar-refractivity contribution in [2.45, 2.75) is 6.54 Å². The zero-order valence-corrected chi connectivity index (χ0v) is 16.1. The zero-order valence-electron chi connectivity index (χ0n) is 15.2. The van der Waals surface area contributed by atoms with Crippen molar-refractivity contribution in [3.8, 4) is 17.2 Å². The molecule has 0 fully saturated rings. The van der Waals surface area contributed by atoms with Crippen LogP contribution in [0.5, 0.6) is 11.5 Å². The molecular weight excluding hydrogens is 380 g/mol. The number of hydrogen-bond acceptors (Lipinski definition) is 5. The second-order valence-electron chi connectivity index (χ2n) is 6.07. The van der Waals surface area contributed by atoms with E-state index >= 15 is 0 Å². The number of benzene rings is 2. The highest BCUT2D eigenvalue weighted by atomic mass is 32.2. The van der Waals surface area contributed by atoms with E-state index in [0.717, 1.165) is 33.2 Å². The van der Waals surface area contributed by atoms with Gasteiger partial charge in [0.15, 0.2) is 11.5 Å². The number of rotatable bonds is 6. The van der Waals surface area contributed by atoms with Crippen LogP contribution < -0.4 is 14.2 Å². The highest BCUT2D eigenvalue weighted by Gasteiger charge is 2.14. The molecular formula is C19H18N4O4S. The van der Waals surface area contributed by atoms with Crippen LogP contribution in [-0.2, 0) is 17.8 Å². The lowest BCUT2D eigenvalue weighted by Gasteiger charge is -2.11. The number of methoxy groups -OCH3 is 2. The van der Waals surface area contributed by atoms with Gasteiger partial charge in [-0.1, -0.05) is 12.1 Å². The van der Waals surface area contributed by atoms with Crippen LogP contribution in [0.2, 0.25) is 0 Å². The van der Waals surface area contributed by atoms with E-state index in [1.54, 1.807) is 26.7 Å². The van der Waals surface area contributed by atoms with Crippen molar-refractivity contribution in [2.24, 2.45) is 0 Å². The predicted octanol–water partition coefficient (Wildman–Crippen LogP) is 2.82. The molecule has 0 radical (unpaired) electrons. The molecule has 0 aliphatic rings. The van der Waals surface area contributed by atoms with Crippen molar-refractivity contribution < 1.29 is 18.2 Å². The molecule has 1 unspecified atom stereocenters. The summed E-state index contributed by atoms with van der Waals surface area (Å²) in [5.41, 5.74) is 4.26. The molecule has 2 heterocycles. The molecule has 28 heavy (non-hydrogen) atoms. The third-order valence-electron chi connectivity index (χ3n) is 4.49. The summed E-state index contributed by atoms with van der Waals surface area (Å²) >= 11 is -2.04. The van der Waals surface area contributed by atoms with Gasteiger partial charge in [-0.15, -0.1) is 0 Å². The van der Waals surface area contributed by atoms with Crippen molar-refractivity contribution in [3.05, 3.63) is 54.5 Å². The van der Waals surface area contributed by atoms with Crippen molar-refractivity contribution in [3.63, 3.8) is 0 Å². The van der Waals surface area contributed by atoms with E-state index in [4.69, 9.17) is 14.0 Å². The first-order valence-electron chi connectivity index (χ1n) is 8.42. The Balaban J connectivity index is 1.83. The maximum Gasteiger partial charge on any atom is 0.232 e. The summed E-state index contributed by atoms with van der Waals surface area (Å²) in [5, 5.41) is 0.897. The number of hydrogen-bond donors (Lipinski definition) is 2. The highest BCUT2D eigenvalue weighted by Crippen LogP contribution is 2.35. The molecule has 9 heteroatoms. The number of ether oxygens (including phenoxy) is 2. The van der Waals surface area contributed by atoms with Gasteiger partial charge in [-0.25, -0.2) is 13.9 Å². The predicted molar refractivity (Wildman–Crippen MR) is 107 cm³/mol. The van der Waals surface area contributed by atoms with Crippen LogP contribution >= 0.6 is 0 Å². The second-order valence-corrected chi connectivity index (χ2v) is 6.85. The monoisotopic (exact) mass is 398 g/mol. The van der Waals surface area contributed by atoms with E-state index in [0.29, 0.717) is 18.0 Å². The van der Waals surface area contributed by atoms with Crippen LogP contribution in [0.15, 0.2) is 48.9 Å². The Bertz CT molecular complexity index is 1170. The molecule has 144 valence electrons. The third-order valence-corrected chi connectivity index (χ3v) is 4.88. The first kappa shape index (κ1) is 18.4. The van der Waals surface area contributed by atoms with Crippen LogP contribution in [0.4, 0.5) is 0 Å². The summed E-state index contributed by atoms with van der Waals surface area (Å²) in [6, 6.07) is 11.4. The van der Waals surface area contributed by atoms with Gasteiger partial charge in [0, 0.05) is 23.7 Å². The molecule has 0 aliphatic heterocycles. The fraction of sp³-hybridized carbons (Fsp3) is 0.158. The Morgan fingerprint density at radius 3 is 2.46 bits per heavy atom. The molecule has 4 rings (SSSR count). The number of fused-ring (bicyclic) bond motifs is 3. The lowest BCUT2D eigenvalue weighted by atomic mass is 10.1. The smallest absolute Gasteiger partial charge is 0.232 e. The lowest BCUT2D eigenvalue weighted by Crippen LogP contribution is -2.15. The van der Waals surface area contributed by atoms with Crippen LogP contribution in [0.3, 0.4) is 0 Å². The van der Waals surface area contributed by atoms with Crippen molar-refractivity contribution in [1.29, 1.82) is 0 Å². The Morgan fingerprint density at radius 1 is 1.07 bits per heavy atom. The molecule has 1 atom stereocenters. The third kappa shape index (κ3) is 3.31. The van der Waals surface area contributed by atoms with E-state index in [1.807, 2.05) is 41.0 Å². The zero-order chi connectivity index (χ0) is 19.7. The first-order chi connectivity index (χ1) is 13.6. The molecule has 8 nitrogen and oxygen atoms in total. The van der Waals surface area contributed by atoms with Crippen LogP contribution in [0.25, 0.3) is 27.6 Å². The van der Waals surface area contributed by atoms with E-state index in [1.165, 1.54) is 0 Å². The number of aromatic nitrogens is 3. The molecule has 2 aromatic heterocycles. The van der Waals surface area contributed by atoms with Gasteiger partial charge in [-0.05, 0) is 23.8 Å². The minimum atomic E-state index is -2.04. The second kappa shape index (κ2) is 7.55.